The lowest BCUT2D eigenvalue weighted by atomic mass is 10.1. The number of carbonyl (C=O) groups excluding carboxylic acids is 1. The number of amides is 1. The summed E-state index contributed by atoms with van der Waals surface area (Å²) < 4.78 is 0. The number of hydrogen-bond donors (Lipinski definition) is 2. The summed E-state index contributed by atoms with van der Waals surface area (Å²) >= 11 is 0. The minimum atomic E-state index is -0.00838. The summed E-state index contributed by atoms with van der Waals surface area (Å²) in [5.41, 5.74) is 1.28. The van der Waals surface area contributed by atoms with Gasteiger partial charge >= 0.3 is 0 Å². The maximum atomic E-state index is 11.8. The largest absolute Gasteiger partial charge is 0.356 e. The van der Waals surface area contributed by atoms with Gasteiger partial charge in [-0.25, -0.2) is 4.99 Å². The Morgan fingerprint density at radius 2 is 1.73 bits per heavy atom. The van der Waals surface area contributed by atoms with Crippen LogP contribution in [0, 0.1) is 0 Å². The van der Waals surface area contributed by atoms with Gasteiger partial charge in [0.15, 0.2) is 5.96 Å². The van der Waals surface area contributed by atoms with Gasteiger partial charge in [0.25, 0.3) is 0 Å². The lowest BCUT2D eigenvalue weighted by Crippen LogP contribution is -2.44. The second-order valence-corrected chi connectivity index (χ2v) is 6.41. The highest BCUT2D eigenvalue weighted by Crippen LogP contribution is 2.19. The van der Waals surface area contributed by atoms with Crippen LogP contribution >= 0.6 is 0 Å². The average molecular weight is 362 g/mol. The lowest BCUT2D eigenvalue weighted by molar-refractivity contribution is -0.127. The van der Waals surface area contributed by atoms with Gasteiger partial charge < -0.3 is 15.5 Å². The van der Waals surface area contributed by atoms with Gasteiger partial charge in [0.05, 0.1) is 6.04 Å². The summed E-state index contributed by atoms with van der Waals surface area (Å²) in [4.78, 5) is 20.3. The van der Waals surface area contributed by atoms with E-state index in [9.17, 15) is 4.79 Å². The maximum absolute atomic E-state index is 11.8. The summed E-state index contributed by atoms with van der Waals surface area (Å²) in [5, 5.41) is 6.72. The van der Waals surface area contributed by atoms with E-state index in [4.69, 9.17) is 0 Å². The molecular formula is C20H35N5O. The van der Waals surface area contributed by atoms with Crippen LogP contribution in [0.3, 0.4) is 0 Å². The molecule has 0 bridgehead atoms. The Hall–Kier alpha value is -2.08. The van der Waals surface area contributed by atoms with Crippen LogP contribution in [-0.4, -0.2) is 68.5 Å². The fraction of sp³-hybridized carbons (Fsp3) is 0.600. The van der Waals surface area contributed by atoms with Gasteiger partial charge in [-0.1, -0.05) is 51.1 Å². The summed E-state index contributed by atoms with van der Waals surface area (Å²) in [6, 6.07) is 10.8. The van der Waals surface area contributed by atoms with E-state index in [1.807, 2.05) is 6.07 Å². The predicted octanol–water partition coefficient (Wildman–Crippen LogP) is 2.10. The van der Waals surface area contributed by atoms with Crippen LogP contribution in [0.4, 0.5) is 0 Å². The van der Waals surface area contributed by atoms with Crippen molar-refractivity contribution in [1.29, 1.82) is 0 Å². The number of nitrogens with one attached hydrogen (secondary N) is 2. The molecule has 0 aliphatic carbocycles. The molecule has 6 nitrogen and oxygen atoms in total. The van der Waals surface area contributed by atoms with Crippen molar-refractivity contribution < 1.29 is 4.79 Å². The Kier molecular flexibility index (Phi) is 10.4. The highest BCUT2D eigenvalue weighted by molar-refractivity contribution is 5.84. The molecule has 0 aliphatic heterocycles. The van der Waals surface area contributed by atoms with Crippen molar-refractivity contribution in [2.75, 3.05) is 46.8 Å². The normalized spacial score (nSPS) is 12.8. The van der Waals surface area contributed by atoms with Crippen LogP contribution in [0.1, 0.15) is 38.8 Å². The number of guanidine groups is 1. The van der Waals surface area contributed by atoms with Crippen LogP contribution in [-0.2, 0) is 4.79 Å². The fourth-order valence-corrected chi connectivity index (χ4v) is 2.70. The highest BCUT2D eigenvalue weighted by atomic mass is 16.2. The molecule has 1 amide bonds. The molecule has 26 heavy (non-hydrogen) atoms. The molecule has 0 saturated carbocycles. The Labute approximate surface area is 158 Å². The minimum Gasteiger partial charge on any atom is -0.356 e. The molecule has 1 rings (SSSR count). The van der Waals surface area contributed by atoms with E-state index in [0.29, 0.717) is 5.96 Å². The van der Waals surface area contributed by atoms with Crippen LogP contribution in [0.25, 0.3) is 0 Å². The molecule has 6 heteroatoms. The first-order valence-electron chi connectivity index (χ1n) is 9.54. The van der Waals surface area contributed by atoms with Gasteiger partial charge in [0.2, 0.25) is 5.91 Å². The minimum absolute atomic E-state index is 0.00838. The molecule has 146 valence electrons. The molecule has 0 heterocycles. The Bertz CT molecular complexity index is 540. The molecule has 0 fully saturated rings. The van der Waals surface area contributed by atoms with Crippen LogP contribution < -0.4 is 10.6 Å². The van der Waals surface area contributed by atoms with Gasteiger partial charge in [0.1, 0.15) is 6.54 Å². The van der Waals surface area contributed by atoms with E-state index >= 15 is 0 Å². The van der Waals surface area contributed by atoms with Crippen molar-refractivity contribution in [3.63, 3.8) is 0 Å². The SMILES string of the molecule is CCCNC(=NCC(=O)N(C)C)NCC(c1ccccc1)N(CC)CC. The molecule has 0 saturated heterocycles. The number of hydrogen-bond acceptors (Lipinski definition) is 3. The molecular weight excluding hydrogens is 326 g/mol. The third kappa shape index (κ3) is 7.44. The van der Waals surface area contributed by atoms with Gasteiger partial charge in [-0.05, 0) is 25.1 Å². The molecule has 2 N–H and O–H groups in total. The first-order valence-corrected chi connectivity index (χ1v) is 9.54. The maximum Gasteiger partial charge on any atom is 0.243 e. The van der Waals surface area contributed by atoms with Gasteiger partial charge in [0, 0.05) is 27.2 Å². The van der Waals surface area contributed by atoms with E-state index in [0.717, 1.165) is 32.6 Å². The number of likely N-dealkylation sites (N-methyl/N-ethyl adjacent to an activating group) is 2. The zero-order valence-corrected chi connectivity index (χ0v) is 17.0. The zero-order chi connectivity index (χ0) is 19.4. The number of nitrogens with zero attached hydrogens (tertiary/aromatic N) is 3. The van der Waals surface area contributed by atoms with Gasteiger partial charge in [-0.15, -0.1) is 0 Å². The molecule has 0 radical (unpaired) electrons. The van der Waals surface area contributed by atoms with E-state index < -0.39 is 0 Å². The molecule has 1 unspecified atom stereocenters. The Balaban J connectivity index is 2.85. The highest BCUT2D eigenvalue weighted by Gasteiger charge is 2.18. The molecule has 0 aliphatic rings. The van der Waals surface area contributed by atoms with Crippen molar-refractivity contribution in [2.24, 2.45) is 4.99 Å². The van der Waals surface area contributed by atoms with Crippen LogP contribution in [0.5, 0.6) is 0 Å². The summed E-state index contributed by atoms with van der Waals surface area (Å²) in [5.74, 6) is 0.682. The van der Waals surface area contributed by atoms with Crippen molar-refractivity contribution >= 4 is 11.9 Å². The fourth-order valence-electron chi connectivity index (χ4n) is 2.70. The predicted molar refractivity (Wildman–Crippen MR) is 109 cm³/mol. The number of aliphatic imine (C=N–C) groups is 1. The molecule has 1 atom stereocenters. The van der Waals surface area contributed by atoms with E-state index in [1.165, 1.54) is 5.56 Å². The monoisotopic (exact) mass is 361 g/mol. The zero-order valence-electron chi connectivity index (χ0n) is 17.0. The molecule has 0 spiro atoms. The lowest BCUT2D eigenvalue weighted by Gasteiger charge is -2.31. The van der Waals surface area contributed by atoms with Crippen LogP contribution in [0.2, 0.25) is 0 Å². The first-order chi connectivity index (χ1) is 12.5. The second-order valence-electron chi connectivity index (χ2n) is 6.41. The van der Waals surface area contributed by atoms with Crippen molar-refractivity contribution in [2.45, 2.75) is 33.2 Å². The Morgan fingerprint density at radius 3 is 2.27 bits per heavy atom. The standard InChI is InChI=1S/C20H35N5O/c1-6-14-21-20(23-16-19(26)24(4)5)22-15-18(25(7-2)8-3)17-12-10-9-11-13-17/h9-13,18H,6-8,14-16H2,1-5H3,(H2,21,22,23). The smallest absolute Gasteiger partial charge is 0.243 e. The van der Waals surface area contributed by atoms with Crippen molar-refractivity contribution in [3.05, 3.63) is 35.9 Å². The van der Waals surface area contributed by atoms with E-state index in [-0.39, 0.29) is 18.5 Å². The third-order valence-corrected chi connectivity index (χ3v) is 4.31. The third-order valence-electron chi connectivity index (χ3n) is 4.31. The number of rotatable bonds is 10. The summed E-state index contributed by atoms with van der Waals surface area (Å²) in [6.45, 7) is 10.1. The number of benzene rings is 1. The molecule has 0 aromatic heterocycles. The quantitative estimate of drug-likeness (QED) is 0.495. The van der Waals surface area contributed by atoms with Crippen molar-refractivity contribution in [1.82, 2.24) is 20.4 Å². The first kappa shape index (κ1) is 22.0. The molecule has 1 aromatic carbocycles. The summed E-state index contributed by atoms with van der Waals surface area (Å²) in [6.07, 6.45) is 1.00. The molecule has 1 aromatic rings. The van der Waals surface area contributed by atoms with E-state index in [1.54, 1.807) is 19.0 Å². The van der Waals surface area contributed by atoms with Gasteiger partial charge in [-0.3, -0.25) is 9.69 Å². The Morgan fingerprint density at radius 1 is 1.08 bits per heavy atom. The second kappa shape index (κ2) is 12.3. The summed E-state index contributed by atoms with van der Waals surface area (Å²) in [7, 11) is 3.49. The van der Waals surface area contributed by atoms with E-state index in [2.05, 4.69) is 65.6 Å². The number of carbonyl (C=O) groups is 1. The average Bonchev–Trinajstić information content (AvgIpc) is 2.66. The van der Waals surface area contributed by atoms with Crippen LogP contribution in [0.15, 0.2) is 35.3 Å². The van der Waals surface area contributed by atoms with Gasteiger partial charge in [-0.2, -0.15) is 0 Å². The van der Waals surface area contributed by atoms with Crippen molar-refractivity contribution in [3.8, 4) is 0 Å². The topological polar surface area (TPSA) is 60.0 Å².